The van der Waals surface area contributed by atoms with Crippen LogP contribution in [-0.4, -0.2) is 46.7 Å². The Morgan fingerprint density at radius 2 is 1.79 bits per heavy atom. The highest BCUT2D eigenvalue weighted by molar-refractivity contribution is 6.05. The van der Waals surface area contributed by atoms with Crippen molar-refractivity contribution in [2.24, 2.45) is 0 Å². The second kappa shape index (κ2) is 8.97. The number of amides is 2. The topological polar surface area (TPSA) is 76.5 Å². The molecule has 1 aliphatic rings. The monoisotopic (exact) mass is 458 g/mol. The molecular weight excluding hydrogens is 437 g/mol. The normalized spacial score (nSPS) is 13.8. The van der Waals surface area contributed by atoms with Crippen LogP contribution in [0.25, 0.3) is 5.69 Å². The first-order valence-electron chi connectivity index (χ1n) is 10.3. The summed E-state index contributed by atoms with van der Waals surface area (Å²) in [6.45, 7) is 1.42. The number of carbonyl (C=O) groups is 2. The van der Waals surface area contributed by atoms with Crippen molar-refractivity contribution in [1.82, 2.24) is 14.7 Å². The van der Waals surface area contributed by atoms with Gasteiger partial charge in [-0.3, -0.25) is 9.59 Å². The van der Waals surface area contributed by atoms with Crippen molar-refractivity contribution in [3.63, 3.8) is 0 Å². The Kier molecular flexibility index (Phi) is 6.08. The van der Waals surface area contributed by atoms with Crippen LogP contribution in [0.5, 0.6) is 5.75 Å². The summed E-state index contributed by atoms with van der Waals surface area (Å²) >= 11 is 0. The van der Waals surface area contributed by atoms with Crippen LogP contribution < -0.4 is 10.1 Å². The number of rotatable bonds is 5. The van der Waals surface area contributed by atoms with Gasteiger partial charge in [-0.15, -0.1) is 0 Å². The quantitative estimate of drug-likeness (QED) is 0.616. The number of anilines is 1. The van der Waals surface area contributed by atoms with Gasteiger partial charge >= 0.3 is 6.18 Å². The number of nitrogens with one attached hydrogen (secondary N) is 1. The van der Waals surface area contributed by atoms with Crippen LogP contribution in [0.4, 0.5) is 18.9 Å². The summed E-state index contributed by atoms with van der Waals surface area (Å²) in [5.41, 5.74) is 0.0309. The second-order valence-corrected chi connectivity index (χ2v) is 7.57. The SMILES string of the molecule is COc1cn(-c2cccc(C(F)(F)F)c2)nc1C(=O)Nc1cccc(C(=O)N2CCCC2)c1. The summed E-state index contributed by atoms with van der Waals surface area (Å²) in [5, 5.41) is 6.80. The summed E-state index contributed by atoms with van der Waals surface area (Å²) < 4.78 is 45.5. The van der Waals surface area contributed by atoms with Gasteiger partial charge in [0, 0.05) is 24.3 Å². The van der Waals surface area contributed by atoms with Gasteiger partial charge < -0.3 is 15.0 Å². The van der Waals surface area contributed by atoms with Crippen molar-refractivity contribution in [1.29, 1.82) is 0 Å². The molecule has 0 saturated carbocycles. The Hall–Kier alpha value is -3.82. The van der Waals surface area contributed by atoms with Crippen molar-refractivity contribution >= 4 is 17.5 Å². The molecule has 3 aromatic rings. The molecule has 2 amide bonds. The lowest BCUT2D eigenvalue weighted by Crippen LogP contribution is -2.27. The van der Waals surface area contributed by atoms with E-state index < -0.39 is 17.6 Å². The maximum absolute atomic E-state index is 13.0. The number of benzene rings is 2. The molecule has 0 spiro atoms. The van der Waals surface area contributed by atoms with Gasteiger partial charge in [0.1, 0.15) is 0 Å². The number of methoxy groups -OCH3 is 1. The lowest BCUT2D eigenvalue weighted by molar-refractivity contribution is -0.137. The zero-order valence-corrected chi connectivity index (χ0v) is 17.7. The van der Waals surface area contributed by atoms with E-state index >= 15 is 0 Å². The zero-order chi connectivity index (χ0) is 23.6. The molecule has 0 bridgehead atoms. The van der Waals surface area contributed by atoms with Gasteiger partial charge in [-0.2, -0.15) is 18.3 Å². The van der Waals surface area contributed by atoms with Crippen molar-refractivity contribution in [2.45, 2.75) is 19.0 Å². The molecule has 2 aromatic carbocycles. The number of alkyl halides is 3. The molecule has 0 radical (unpaired) electrons. The van der Waals surface area contributed by atoms with E-state index in [0.717, 1.165) is 29.7 Å². The molecule has 0 atom stereocenters. The molecule has 1 fully saturated rings. The van der Waals surface area contributed by atoms with Crippen molar-refractivity contribution in [3.05, 3.63) is 71.5 Å². The molecular formula is C23H21F3N4O3. The van der Waals surface area contributed by atoms with Gasteiger partial charge in [-0.25, -0.2) is 4.68 Å². The summed E-state index contributed by atoms with van der Waals surface area (Å²) in [7, 11) is 1.33. The summed E-state index contributed by atoms with van der Waals surface area (Å²) in [6, 6.07) is 11.1. The molecule has 1 aromatic heterocycles. The smallest absolute Gasteiger partial charge is 0.416 e. The third-order valence-electron chi connectivity index (χ3n) is 5.31. The van der Waals surface area contributed by atoms with Gasteiger partial charge in [0.25, 0.3) is 11.8 Å². The number of carbonyl (C=O) groups excluding carboxylic acids is 2. The minimum Gasteiger partial charge on any atom is -0.493 e. The predicted molar refractivity (Wildman–Crippen MR) is 115 cm³/mol. The lowest BCUT2D eigenvalue weighted by atomic mass is 10.1. The van der Waals surface area contributed by atoms with E-state index in [2.05, 4.69) is 10.4 Å². The number of ether oxygens (including phenoxy) is 1. The second-order valence-electron chi connectivity index (χ2n) is 7.57. The third kappa shape index (κ3) is 4.84. The first kappa shape index (κ1) is 22.4. The van der Waals surface area contributed by atoms with E-state index in [1.54, 1.807) is 29.2 Å². The number of halogens is 3. The fraction of sp³-hybridized carbons (Fsp3) is 0.261. The minimum absolute atomic E-state index is 0.0919. The first-order valence-corrected chi connectivity index (χ1v) is 10.3. The number of nitrogens with zero attached hydrogens (tertiary/aromatic N) is 3. The summed E-state index contributed by atoms with van der Waals surface area (Å²) in [6.07, 6.45) is -1.24. The van der Waals surface area contributed by atoms with Crippen LogP contribution in [0.2, 0.25) is 0 Å². The molecule has 33 heavy (non-hydrogen) atoms. The van der Waals surface area contributed by atoms with Gasteiger partial charge in [0.2, 0.25) is 0 Å². The van der Waals surface area contributed by atoms with Crippen LogP contribution in [0, 0.1) is 0 Å². The fourth-order valence-corrected chi connectivity index (χ4v) is 3.64. The maximum atomic E-state index is 13.0. The molecule has 1 saturated heterocycles. The van der Waals surface area contributed by atoms with E-state index in [1.165, 1.54) is 25.4 Å². The number of hydrogen-bond acceptors (Lipinski definition) is 4. The van der Waals surface area contributed by atoms with Gasteiger partial charge in [-0.1, -0.05) is 12.1 Å². The van der Waals surface area contributed by atoms with Crippen LogP contribution in [0.15, 0.2) is 54.7 Å². The van der Waals surface area contributed by atoms with Gasteiger partial charge in [0.15, 0.2) is 11.4 Å². The van der Waals surface area contributed by atoms with Crippen molar-refractivity contribution in [2.75, 3.05) is 25.5 Å². The average Bonchev–Trinajstić information content (AvgIpc) is 3.48. The predicted octanol–water partition coefficient (Wildman–Crippen LogP) is 4.39. The van der Waals surface area contributed by atoms with E-state index in [4.69, 9.17) is 4.74 Å². The third-order valence-corrected chi connectivity index (χ3v) is 5.31. The van der Waals surface area contributed by atoms with Gasteiger partial charge in [0.05, 0.1) is 24.6 Å². The molecule has 0 unspecified atom stereocenters. The first-order chi connectivity index (χ1) is 15.8. The standard InChI is InChI=1S/C23H21F3N4O3/c1-33-19-14-30(18-9-5-7-16(13-18)23(24,25)26)28-20(19)21(31)27-17-8-4-6-15(12-17)22(32)29-10-2-3-11-29/h4-9,12-14H,2-3,10-11H2,1H3,(H,27,31). The molecule has 10 heteroatoms. The molecule has 1 N–H and O–H groups in total. The molecule has 1 aliphatic heterocycles. The van der Waals surface area contributed by atoms with Gasteiger partial charge in [-0.05, 0) is 49.2 Å². The fourth-order valence-electron chi connectivity index (χ4n) is 3.64. The Balaban J connectivity index is 1.56. The highest BCUT2D eigenvalue weighted by Crippen LogP contribution is 2.31. The van der Waals surface area contributed by atoms with Crippen LogP contribution in [-0.2, 0) is 6.18 Å². The Morgan fingerprint density at radius 1 is 1.06 bits per heavy atom. The molecule has 172 valence electrons. The number of aromatic nitrogens is 2. The Bertz CT molecular complexity index is 1180. The lowest BCUT2D eigenvalue weighted by Gasteiger charge is -2.15. The Labute approximate surface area is 187 Å². The molecule has 2 heterocycles. The minimum atomic E-state index is -4.51. The van der Waals surface area contributed by atoms with E-state index in [9.17, 15) is 22.8 Å². The Morgan fingerprint density at radius 3 is 2.48 bits per heavy atom. The highest BCUT2D eigenvalue weighted by Gasteiger charge is 2.31. The van der Waals surface area contributed by atoms with E-state index in [0.29, 0.717) is 24.3 Å². The molecule has 0 aliphatic carbocycles. The van der Waals surface area contributed by atoms with Crippen LogP contribution in [0.3, 0.4) is 0 Å². The summed E-state index contributed by atoms with van der Waals surface area (Å²) in [4.78, 5) is 27.2. The largest absolute Gasteiger partial charge is 0.493 e. The molecule has 4 rings (SSSR count). The van der Waals surface area contributed by atoms with Crippen LogP contribution in [0.1, 0.15) is 39.3 Å². The molecule has 7 nitrogen and oxygen atoms in total. The average molecular weight is 458 g/mol. The summed E-state index contributed by atoms with van der Waals surface area (Å²) in [5.74, 6) is -0.632. The van der Waals surface area contributed by atoms with E-state index in [-0.39, 0.29) is 23.0 Å². The number of likely N-dealkylation sites (tertiary alicyclic amines) is 1. The van der Waals surface area contributed by atoms with Crippen LogP contribution >= 0.6 is 0 Å². The number of hydrogen-bond donors (Lipinski definition) is 1. The van der Waals surface area contributed by atoms with E-state index in [1.807, 2.05) is 0 Å². The van der Waals surface area contributed by atoms with Crippen molar-refractivity contribution in [3.8, 4) is 11.4 Å². The van der Waals surface area contributed by atoms with Crippen molar-refractivity contribution < 1.29 is 27.5 Å². The highest BCUT2D eigenvalue weighted by atomic mass is 19.4. The zero-order valence-electron chi connectivity index (χ0n) is 17.7. The maximum Gasteiger partial charge on any atom is 0.416 e.